The molecular weight excluding hydrogens is 218 g/mol. The Morgan fingerprint density at radius 3 is 3.24 bits per heavy atom. The van der Waals surface area contributed by atoms with Gasteiger partial charge in [-0.3, -0.25) is 0 Å². The number of fused-ring (bicyclic) bond motifs is 1. The van der Waals surface area contributed by atoms with Crippen LogP contribution in [-0.4, -0.2) is 51.4 Å². The molecule has 1 atom stereocenters. The van der Waals surface area contributed by atoms with E-state index in [4.69, 9.17) is 0 Å². The summed E-state index contributed by atoms with van der Waals surface area (Å²) >= 11 is 0. The minimum atomic E-state index is 0.491. The molecule has 1 unspecified atom stereocenters. The molecule has 0 amide bonds. The molecule has 2 aromatic rings. The highest BCUT2D eigenvalue weighted by Gasteiger charge is 2.19. The second kappa shape index (κ2) is 4.25. The maximum absolute atomic E-state index is 4.39. The van der Waals surface area contributed by atoms with Gasteiger partial charge in [0.2, 0.25) is 0 Å². The van der Waals surface area contributed by atoms with Crippen LogP contribution in [-0.2, 0) is 0 Å². The Balaban J connectivity index is 1.86. The molecular formula is C10H15N7. The fourth-order valence-corrected chi connectivity index (χ4v) is 2.18. The van der Waals surface area contributed by atoms with Gasteiger partial charge in [0.05, 0.1) is 0 Å². The van der Waals surface area contributed by atoms with Crippen LogP contribution in [0.1, 0.15) is 12.8 Å². The van der Waals surface area contributed by atoms with Gasteiger partial charge in [-0.15, -0.1) is 14.8 Å². The number of piperidine rings is 1. The summed E-state index contributed by atoms with van der Waals surface area (Å²) in [5.41, 5.74) is 0.670. The Morgan fingerprint density at radius 1 is 1.47 bits per heavy atom. The standard InChI is InChI=1S/C10H15N7/c1-16(8-3-2-6-11-7-8)10-5-4-9-12-14-15-17(9)13-10/h4-5,8,11H,2-3,6-7H2,1H3. The van der Waals surface area contributed by atoms with Gasteiger partial charge in [-0.05, 0) is 41.9 Å². The van der Waals surface area contributed by atoms with Gasteiger partial charge in [-0.2, -0.15) is 0 Å². The van der Waals surface area contributed by atoms with Crippen LogP contribution in [0.15, 0.2) is 12.1 Å². The zero-order valence-electron chi connectivity index (χ0n) is 9.74. The van der Waals surface area contributed by atoms with Gasteiger partial charge in [-0.25, -0.2) is 0 Å². The quantitative estimate of drug-likeness (QED) is 0.768. The van der Waals surface area contributed by atoms with Crippen molar-refractivity contribution in [3.8, 4) is 0 Å². The first-order valence-corrected chi connectivity index (χ1v) is 5.83. The first-order chi connectivity index (χ1) is 8.34. The number of nitrogens with zero attached hydrogens (tertiary/aromatic N) is 6. The summed E-state index contributed by atoms with van der Waals surface area (Å²) < 4.78 is 1.46. The zero-order chi connectivity index (χ0) is 11.7. The average molecular weight is 233 g/mol. The number of anilines is 1. The summed E-state index contributed by atoms with van der Waals surface area (Å²) in [6.07, 6.45) is 2.40. The molecule has 1 N–H and O–H groups in total. The van der Waals surface area contributed by atoms with Crippen molar-refractivity contribution in [1.29, 1.82) is 0 Å². The predicted octanol–water partition coefficient (Wildman–Crippen LogP) is -0.293. The van der Waals surface area contributed by atoms with Crippen molar-refractivity contribution in [2.24, 2.45) is 0 Å². The van der Waals surface area contributed by atoms with Crippen LogP contribution in [0.5, 0.6) is 0 Å². The van der Waals surface area contributed by atoms with Crippen LogP contribution in [0.4, 0.5) is 5.82 Å². The van der Waals surface area contributed by atoms with Crippen molar-refractivity contribution in [3.05, 3.63) is 12.1 Å². The van der Waals surface area contributed by atoms with Crippen LogP contribution >= 0.6 is 0 Å². The molecule has 17 heavy (non-hydrogen) atoms. The second-order valence-corrected chi connectivity index (χ2v) is 4.33. The maximum atomic E-state index is 4.39. The smallest absolute Gasteiger partial charge is 0.200 e. The van der Waals surface area contributed by atoms with Crippen LogP contribution in [0, 0.1) is 0 Å². The number of hydrogen-bond donors (Lipinski definition) is 1. The van der Waals surface area contributed by atoms with Crippen LogP contribution < -0.4 is 10.2 Å². The highest BCUT2D eigenvalue weighted by Crippen LogP contribution is 2.16. The molecule has 3 heterocycles. The number of rotatable bonds is 2. The van der Waals surface area contributed by atoms with Crippen LogP contribution in [0.25, 0.3) is 5.65 Å². The molecule has 7 heteroatoms. The van der Waals surface area contributed by atoms with Crippen LogP contribution in [0.2, 0.25) is 0 Å². The normalized spacial score (nSPS) is 20.6. The number of tetrazole rings is 1. The van der Waals surface area contributed by atoms with Gasteiger partial charge in [-0.1, -0.05) is 0 Å². The van der Waals surface area contributed by atoms with Crippen molar-refractivity contribution in [2.75, 3.05) is 25.0 Å². The van der Waals surface area contributed by atoms with Crippen molar-refractivity contribution < 1.29 is 0 Å². The van der Waals surface area contributed by atoms with E-state index in [2.05, 4.69) is 37.9 Å². The molecule has 0 aromatic carbocycles. The van der Waals surface area contributed by atoms with E-state index >= 15 is 0 Å². The molecule has 0 spiro atoms. The monoisotopic (exact) mass is 233 g/mol. The molecule has 90 valence electrons. The molecule has 7 nitrogen and oxygen atoms in total. The third-order valence-electron chi connectivity index (χ3n) is 3.24. The van der Waals surface area contributed by atoms with Gasteiger partial charge in [0.1, 0.15) is 0 Å². The van der Waals surface area contributed by atoms with E-state index in [-0.39, 0.29) is 0 Å². The van der Waals surface area contributed by atoms with E-state index in [9.17, 15) is 0 Å². The fraction of sp³-hybridized carbons (Fsp3) is 0.600. The molecule has 0 bridgehead atoms. The first-order valence-electron chi connectivity index (χ1n) is 5.83. The summed E-state index contributed by atoms with van der Waals surface area (Å²) in [4.78, 5) is 2.19. The van der Waals surface area contributed by atoms with Crippen LogP contribution in [0.3, 0.4) is 0 Å². The van der Waals surface area contributed by atoms with E-state index in [0.717, 1.165) is 18.9 Å². The lowest BCUT2D eigenvalue weighted by Gasteiger charge is -2.32. The first kappa shape index (κ1) is 10.4. The average Bonchev–Trinajstić information content (AvgIpc) is 2.86. The van der Waals surface area contributed by atoms with Crippen molar-refractivity contribution in [2.45, 2.75) is 18.9 Å². The zero-order valence-corrected chi connectivity index (χ0v) is 9.74. The Labute approximate surface area is 98.8 Å². The van der Waals surface area contributed by atoms with E-state index in [1.54, 1.807) is 0 Å². The van der Waals surface area contributed by atoms with Gasteiger partial charge >= 0.3 is 0 Å². The molecule has 2 aromatic heterocycles. The molecule has 1 saturated heterocycles. The number of hydrogen-bond acceptors (Lipinski definition) is 6. The number of likely N-dealkylation sites (N-methyl/N-ethyl adjacent to an activating group) is 1. The third kappa shape index (κ3) is 1.93. The van der Waals surface area contributed by atoms with Gasteiger partial charge in [0, 0.05) is 19.6 Å². The van der Waals surface area contributed by atoms with Crippen molar-refractivity contribution in [1.82, 2.24) is 30.6 Å². The molecule has 1 fully saturated rings. The molecule has 0 aliphatic carbocycles. The predicted molar refractivity (Wildman–Crippen MR) is 62.9 cm³/mol. The summed E-state index contributed by atoms with van der Waals surface area (Å²) in [6.45, 7) is 2.12. The van der Waals surface area contributed by atoms with Gasteiger partial charge < -0.3 is 10.2 Å². The highest BCUT2D eigenvalue weighted by molar-refractivity contribution is 5.44. The lowest BCUT2D eigenvalue weighted by atomic mass is 10.1. The third-order valence-corrected chi connectivity index (χ3v) is 3.24. The maximum Gasteiger partial charge on any atom is 0.200 e. The Hall–Kier alpha value is -1.76. The Morgan fingerprint density at radius 2 is 2.41 bits per heavy atom. The molecule has 0 radical (unpaired) electrons. The second-order valence-electron chi connectivity index (χ2n) is 4.33. The van der Waals surface area contributed by atoms with Crippen molar-refractivity contribution >= 4 is 11.5 Å². The minimum absolute atomic E-state index is 0.491. The van der Waals surface area contributed by atoms with E-state index in [0.29, 0.717) is 11.7 Å². The minimum Gasteiger partial charge on any atom is -0.354 e. The fourth-order valence-electron chi connectivity index (χ4n) is 2.18. The summed E-state index contributed by atoms with van der Waals surface area (Å²) in [6, 6.07) is 4.33. The van der Waals surface area contributed by atoms with E-state index in [1.807, 2.05) is 12.1 Å². The Kier molecular flexibility index (Phi) is 2.60. The van der Waals surface area contributed by atoms with E-state index < -0.39 is 0 Å². The SMILES string of the molecule is CN(c1ccc2nnnn2n1)C1CCCNC1. The van der Waals surface area contributed by atoms with E-state index in [1.165, 1.54) is 17.5 Å². The summed E-state index contributed by atoms with van der Waals surface area (Å²) in [7, 11) is 2.07. The largest absolute Gasteiger partial charge is 0.354 e. The lowest BCUT2D eigenvalue weighted by Crippen LogP contribution is -2.44. The topological polar surface area (TPSA) is 71.2 Å². The summed E-state index contributed by atoms with van der Waals surface area (Å²) in [5.74, 6) is 0.901. The lowest BCUT2D eigenvalue weighted by molar-refractivity contribution is 0.442. The number of aromatic nitrogens is 5. The molecule has 0 saturated carbocycles. The Bertz CT molecular complexity index is 502. The van der Waals surface area contributed by atoms with Gasteiger partial charge in [0.15, 0.2) is 11.5 Å². The highest BCUT2D eigenvalue weighted by atomic mass is 15.6. The van der Waals surface area contributed by atoms with Gasteiger partial charge in [0.25, 0.3) is 0 Å². The molecule has 1 aliphatic rings. The number of nitrogens with one attached hydrogen (secondary N) is 1. The molecule has 1 aliphatic heterocycles. The molecule has 3 rings (SSSR count). The van der Waals surface area contributed by atoms with Crippen molar-refractivity contribution in [3.63, 3.8) is 0 Å². The summed E-state index contributed by atoms with van der Waals surface area (Å²) in [5, 5.41) is 19.0.